The molecule has 5 nitrogen and oxygen atoms in total. The maximum atomic E-state index is 11.8. The smallest absolute Gasteiger partial charge is 0.280 e. The number of nitrogens with zero attached hydrogens (tertiary/aromatic N) is 2. The standard InChI is InChI=1S/C13H14N4O/c14-13(15)16-12(18)11-6-2-1-5-10(11)9-17-7-3-4-8-17/h1-8H,9H2,(H4,14,15,16,18). The van der Waals surface area contributed by atoms with Crippen LogP contribution in [0, 0.1) is 0 Å². The van der Waals surface area contributed by atoms with E-state index in [2.05, 4.69) is 4.99 Å². The topological polar surface area (TPSA) is 86.4 Å². The zero-order chi connectivity index (χ0) is 13.0. The highest BCUT2D eigenvalue weighted by atomic mass is 16.1. The third-order valence-corrected chi connectivity index (χ3v) is 2.50. The first-order valence-electron chi connectivity index (χ1n) is 5.49. The predicted molar refractivity (Wildman–Crippen MR) is 70.1 cm³/mol. The Morgan fingerprint density at radius 3 is 2.44 bits per heavy atom. The average molecular weight is 242 g/mol. The van der Waals surface area contributed by atoms with Gasteiger partial charge in [0.05, 0.1) is 0 Å². The number of benzene rings is 1. The number of hydrogen-bond donors (Lipinski definition) is 2. The van der Waals surface area contributed by atoms with Gasteiger partial charge >= 0.3 is 0 Å². The summed E-state index contributed by atoms with van der Waals surface area (Å²) in [6, 6.07) is 11.1. The van der Waals surface area contributed by atoms with Gasteiger partial charge in [-0.05, 0) is 23.8 Å². The normalized spacial score (nSPS) is 10.0. The zero-order valence-corrected chi connectivity index (χ0v) is 9.78. The molecule has 2 rings (SSSR count). The Kier molecular flexibility index (Phi) is 3.43. The second kappa shape index (κ2) is 5.18. The number of hydrogen-bond acceptors (Lipinski definition) is 1. The molecule has 5 heteroatoms. The maximum Gasteiger partial charge on any atom is 0.280 e. The van der Waals surface area contributed by atoms with E-state index in [0.717, 1.165) is 5.56 Å². The van der Waals surface area contributed by atoms with Crippen LogP contribution in [-0.2, 0) is 6.54 Å². The van der Waals surface area contributed by atoms with Gasteiger partial charge in [-0.1, -0.05) is 18.2 Å². The minimum atomic E-state index is -0.419. The fraction of sp³-hybridized carbons (Fsp3) is 0.0769. The first-order valence-corrected chi connectivity index (χ1v) is 5.49. The SMILES string of the molecule is NC(N)=NC(=O)c1ccccc1Cn1cccc1. The Morgan fingerprint density at radius 1 is 1.11 bits per heavy atom. The van der Waals surface area contributed by atoms with Crippen LogP contribution in [0.5, 0.6) is 0 Å². The van der Waals surface area contributed by atoms with E-state index in [-0.39, 0.29) is 5.96 Å². The van der Waals surface area contributed by atoms with Crippen molar-refractivity contribution in [3.05, 3.63) is 59.9 Å². The van der Waals surface area contributed by atoms with Crippen LogP contribution >= 0.6 is 0 Å². The molecule has 1 aromatic heterocycles. The molecule has 0 aliphatic heterocycles. The van der Waals surface area contributed by atoms with Crippen molar-refractivity contribution in [2.45, 2.75) is 6.54 Å². The van der Waals surface area contributed by atoms with E-state index >= 15 is 0 Å². The summed E-state index contributed by atoms with van der Waals surface area (Å²) in [6.07, 6.45) is 3.86. The van der Waals surface area contributed by atoms with Crippen LogP contribution in [0.3, 0.4) is 0 Å². The van der Waals surface area contributed by atoms with Gasteiger partial charge in [-0.15, -0.1) is 0 Å². The van der Waals surface area contributed by atoms with E-state index in [9.17, 15) is 4.79 Å². The van der Waals surface area contributed by atoms with E-state index in [1.807, 2.05) is 41.2 Å². The molecule has 0 bridgehead atoms. The highest BCUT2D eigenvalue weighted by Gasteiger charge is 2.10. The first-order chi connectivity index (χ1) is 8.66. The fourth-order valence-electron chi connectivity index (χ4n) is 1.72. The van der Waals surface area contributed by atoms with E-state index in [4.69, 9.17) is 11.5 Å². The van der Waals surface area contributed by atoms with Gasteiger partial charge in [-0.2, -0.15) is 4.99 Å². The van der Waals surface area contributed by atoms with Gasteiger partial charge in [0, 0.05) is 24.5 Å². The summed E-state index contributed by atoms with van der Waals surface area (Å²) < 4.78 is 1.97. The van der Waals surface area contributed by atoms with Crippen LogP contribution in [-0.4, -0.2) is 16.4 Å². The minimum absolute atomic E-state index is 0.226. The molecular formula is C13H14N4O. The molecule has 0 spiro atoms. The molecule has 2 aromatic rings. The van der Waals surface area contributed by atoms with Crippen molar-refractivity contribution >= 4 is 11.9 Å². The quantitative estimate of drug-likeness (QED) is 0.620. The number of guanidine groups is 1. The van der Waals surface area contributed by atoms with Crippen molar-refractivity contribution in [1.29, 1.82) is 0 Å². The summed E-state index contributed by atoms with van der Waals surface area (Å²) in [5, 5.41) is 0. The van der Waals surface area contributed by atoms with Crippen LogP contribution in [0.1, 0.15) is 15.9 Å². The van der Waals surface area contributed by atoms with Crippen molar-refractivity contribution in [2.24, 2.45) is 16.5 Å². The van der Waals surface area contributed by atoms with Crippen LogP contribution in [0.4, 0.5) is 0 Å². The molecule has 0 atom stereocenters. The molecule has 0 saturated carbocycles. The number of aliphatic imine (C=N–C) groups is 1. The second-order valence-corrected chi connectivity index (χ2v) is 3.85. The van der Waals surface area contributed by atoms with Gasteiger partial charge in [-0.25, -0.2) is 0 Å². The molecule has 0 saturated heterocycles. The summed E-state index contributed by atoms with van der Waals surface area (Å²) in [5.41, 5.74) is 11.8. The Hall–Kier alpha value is -2.56. The molecule has 0 unspecified atom stereocenters. The maximum absolute atomic E-state index is 11.8. The van der Waals surface area contributed by atoms with Crippen molar-refractivity contribution in [3.8, 4) is 0 Å². The van der Waals surface area contributed by atoms with Gasteiger partial charge in [0.15, 0.2) is 5.96 Å². The Labute approximate surface area is 105 Å². The molecule has 0 fully saturated rings. The monoisotopic (exact) mass is 242 g/mol. The molecule has 1 aromatic carbocycles. The van der Waals surface area contributed by atoms with Gasteiger partial charge in [0.1, 0.15) is 0 Å². The molecule has 92 valence electrons. The lowest BCUT2D eigenvalue weighted by molar-refractivity contribution is 0.100. The Morgan fingerprint density at radius 2 is 1.78 bits per heavy atom. The number of carbonyl (C=O) groups excluding carboxylic acids is 1. The zero-order valence-electron chi connectivity index (χ0n) is 9.78. The average Bonchev–Trinajstić information content (AvgIpc) is 2.81. The largest absolute Gasteiger partial charge is 0.370 e. The highest BCUT2D eigenvalue weighted by molar-refractivity contribution is 6.02. The predicted octanol–water partition coefficient (Wildman–Crippen LogP) is 0.950. The summed E-state index contributed by atoms with van der Waals surface area (Å²) in [6.45, 7) is 0.606. The van der Waals surface area contributed by atoms with Crippen molar-refractivity contribution in [1.82, 2.24) is 4.57 Å². The van der Waals surface area contributed by atoms with Gasteiger partial charge < -0.3 is 16.0 Å². The van der Waals surface area contributed by atoms with Crippen LogP contribution in [0.15, 0.2) is 53.8 Å². The Bertz CT molecular complexity index is 568. The minimum Gasteiger partial charge on any atom is -0.370 e. The first kappa shape index (κ1) is 11.9. The molecule has 18 heavy (non-hydrogen) atoms. The molecule has 0 radical (unpaired) electrons. The molecule has 0 aliphatic rings. The lowest BCUT2D eigenvalue weighted by Gasteiger charge is -2.07. The molecule has 1 heterocycles. The van der Waals surface area contributed by atoms with Gasteiger partial charge in [0.2, 0.25) is 0 Å². The fourth-order valence-corrected chi connectivity index (χ4v) is 1.72. The summed E-state index contributed by atoms with van der Waals surface area (Å²) in [4.78, 5) is 15.4. The second-order valence-electron chi connectivity index (χ2n) is 3.85. The third-order valence-electron chi connectivity index (χ3n) is 2.50. The summed E-state index contributed by atoms with van der Waals surface area (Å²) >= 11 is 0. The van der Waals surface area contributed by atoms with Crippen LogP contribution < -0.4 is 11.5 Å². The molecule has 1 amide bonds. The summed E-state index contributed by atoms with van der Waals surface area (Å²) in [7, 11) is 0. The Balaban J connectivity index is 2.31. The van der Waals surface area contributed by atoms with E-state index in [1.165, 1.54) is 0 Å². The number of rotatable bonds is 3. The van der Waals surface area contributed by atoms with Crippen molar-refractivity contribution in [3.63, 3.8) is 0 Å². The number of carbonyl (C=O) groups is 1. The molecular weight excluding hydrogens is 228 g/mol. The van der Waals surface area contributed by atoms with Crippen LogP contribution in [0.2, 0.25) is 0 Å². The van der Waals surface area contributed by atoms with E-state index < -0.39 is 5.91 Å². The lowest BCUT2D eigenvalue weighted by atomic mass is 10.1. The highest BCUT2D eigenvalue weighted by Crippen LogP contribution is 2.12. The summed E-state index contributed by atoms with van der Waals surface area (Å²) in [5.74, 6) is -0.645. The van der Waals surface area contributed by atoms with E-state index in [0.29, 0.717) is 12.1 Å². The van der Waals surface area contributed by atoms with Gasteiger partial charge in [-0.3, -0.25) is 4.79 Å². The van der Waals surface area contributed by atoms with Gasteiger partial charge in [0.25, 0.3) is 5.91 Å². The number of nitrogens with two attached hydrogens (primary N) is 2. The van der Waals surface area contributed by atoms with Crippen LogP contribution in [0.25, 0.3) is 0 Å². The number of amides is 1. The lowest BCUT2D eigenvalue weighted by Crippen LogP contribution is -2.24. The van der Waals surface area contributed by atoms with Crippen molar-refractivity contribution < 1.29 is 4.79 Å². The number of aromatic nitrogens is 1. The molecule has 0 aliphatic carbocycles. The third kappa shape index (κ3) is 2.76. The van der Waals surface area contributed by atoms with Crippen molar-refractivity contribution in [2.75, 3.05) is 0 Å². The molecule has 4 N–H and O–H groups in total. The van der Waals surface area contributed by atoms with E-state index in [1.54, 1.807) is 12.1 Å².